The highest BCUT2D eigenvalue weighted by Crippen LogP contribution is 2.17. The fourth-order valence-corrected chi connectivity index (χ4v) is 3.57. The number of hydrogen-bond donors (Lipinski definition) is 0. The number of nitrogens with zero attached hydrogens (tertiary/aromatic N) is 1. The van der Waals surface area contributed by atoms with Crippen LogP contribution >= 0.6 is 11.6 Å². The van der Waals surface area contributed by atoms with Crippen molar-refractivity contribution in [3.8, 4) is 0 Å². The van der Waals surface area contributed by atoms with Crippen molar-refractivity contribution < 1.29 is 13.2 Å². The number of carbonyl (C=O) groups excluding carboxylic acids is 1. The number of amides is 1. The van der Waals surface area contributed by atoms with Crippen LogP contribution in [0.5, 0.6) is 0 Å². The third kappa shape index (κ3) is 5.32. The van der Waals surface area contributed by atoms with E-state index < -0.39 is 9.84 Å². The van der Waals surface area contributed by atoms with Gasteiger partial charge in [0.15, 0.2) is 9.84 Å². The number of rotatable bonds is 7. The Labute approximate surface area is 132 Å². The lowest BCUT2D eigenvalue weighted by Gasteiger charge is -2.28. The first-order valence-electron chi connectivity index (χ1n) is 7.04. The lowest BCUT2D eigenvalue weighted by atomic mass is 10.1. The molecule has 21 heavy (non-hydrogen) atoms. The van der Waals surface area contributed by atoms with Crippen LogP contribution in [0.15, 0.2) is 24.3 Å². The van der Waals surface area contributed by atoms with Gasteiger partial charge in [0.1, 0.15) is 0 Å². The predicted molar refractivity (Wildman–Crippen MR) is 86.3 cm³/mol. The number of halogens is 1. The third-order valence-electron chi connectivity index (χ3n) is 3.43. The van der Waals surface area contributed by atoms with E-state index in [1.807, 2.05) is 25.1 Å². The van der Waals surface area contributed by atoms with Gasteiger partial charge in [-0.05, 0) is 25.5 Å². The maximum atomic E-state index is 12.4. The van der Waals surface area contributed by atoms with Crippen molar-refractivity contribution >= 4 is 27.3 Å². The van der Waals surface area contributed by atoms with Gasteiger partial charge in [-0.25, -0.2) is 8.42 Å². The number of hydrogen-bond acceptors (Lipinski definition) is 3. The second-order valence-electron chi connectivity index (χ2n) is 5.00. The van der Waals surface area contributed by atoms with Crippen molar-refractivity contribution in [1.29, 1.82) is 0 Å². The van der Waals surface area contributed by atoms with Crippen LogP contribution in [0.4, 0.5) is 0 Å². The Morgan fingerprint density at radius 1 is 1.29 bits per heavy atom. The van der Waals surface area contributed by atoms with E-state index in [2.05, 4.69) is 0 Å². The van der Waals surface area contributed by atoms with Crippen molar-refractivity contribution in [3.05, 3.63) is 34.9 Å². The molecule has 1 aromatic rings. The first-order valence-corrected chi connectivity index (χ1v) is 9.24. The summed E-state index contributed by atoms with van der Waals surface area (Å²) in [5.74, 6) is -0.0245. The van der Waals surface area contributed by atoms with Crippen LogP contribution < -0.4 is 0 Å². The molecule has 0 heterocycles. The Balaban J connectivity index is 2.80. The summed E-state index contributed by atoms with van der Waals surface area (Å²) in [4.78, 5) is 14.0. The highest BCUT2D eigenvalue weighted by Gasteiger charge is 2.23. The lowest BCUT2D eigenvalue weighted by Crippen LogP contribution is -2.43. The van der Waals surface area contributed by atoms with Crippen molar-refractivity contribution in [3.63, 3.8) is 0 Å². The molecule has 0 aromatic heterocycles. The quantitative estimate of drug-likeness (QED) is 0.771. The van der Waals surface area contributed by atoms with Crippen molar-refractivity contribution in [2.75, 3.05) is 18.1 Å². The number of likely N-dealkylation sites (N-methyl/N-ethyl adjacent to an activating group) is 1. The molecule has 1 rings (SSSR count). The third-order valence-corrected chi connectivity index (χ3v) is 5.67. The second-order valence-corrected chi connectivity index (χ2v) is 7.80. The molecule has 0 aliphatic heterocycles. The topological polar surface area (TPSA) is 54.5 Å². The van der Waals surface area contributed by atoms with Gasteiger partial charge in [0, 0.05) is 23.4 Å². The van der Waals surface area contributed by atoms with Crippen LogP contribution in [0.2, 0.25) is 5.02 Å². The Morgan fingerprint density at radius 2 is 1.90 bits per heavy atom. The van der Waals surface area contributed by atoms with Gasteiger partial charge < -0.3 is 4.90 Å². The molecule has 4 nitrogen and oxygen atoms in total. The van der Waals surface area contributed by atoms with Gasteiger partial charge in [0.25, 0.3) is 0 Å². The van der Waals surface area contributed by atoms with Gasteiger partial charge in [0.2, 0.25) is 5.91 Å². The number of carbonyl (C=O) groups is 1. The number of benzene rings is 1. The van der Waals surface area contributed by atoms with E-state index >= 15 is 0 Å². The summed E-state index contributed by atoms with van der Waals surface area (Å²) in [6.45, 7) is 5.70. The van der Waals surface area contributed by atoms with E-state index in [1.54, 1.807) is 24.8 Å². The average Bonchev–Trinajstić information content (AvgIpc) is 2.41. The summed E-state index contributed by atoms with van der Waals surface area (Å²) in [5, 5.41) is 0.552. The first-order chi connectivity index (χ1) is 9.80. The van der Waals surface area contributed by atoms with Gasteiger partial charge in [-0.2, -0.15) is 0 Å². The standard InChI is InChI=1S/C15H22ClNO3S/c1-4-17(12(3)11-21(19,20)5-2)15(18)10-13-8-6-7-9-14(13)16/h6-9,12H,4-5,10-11H2,1-3H3. The summed E-state index contributed by atoms with van der Waals surface area (Å²) in [6, 6.07) is 6.85. The first kappa shape index (κ1) is 18.0. The molecule has 0 fully saturated rings. The normalized spacial score (nSPS) is 13.0. The summed E-state index contributed by atoms with van der Waals surface area (Å²) >= 11 is 6.06. The summed E-state index contributed by atoms with van der Waals surface area (Å²) in [6.07, 6.45) is 0.185. The molecule has 0 bridgehead atoms. The molecule has 0 N–H and O–H groups in total. The SMILES string of the molecule is CCN(C(=O)Cc1ccccc1Cl)C(C)CS(=O)(=O)CC. The number of sulfone groups is 1. The Bertz CT molecular complexity index is 586. The lowest BCUT2D eigenvalue weighted by molar-refractivity contribution is -0.131. The Hall–Kier alpha value is -1.07. The predicted octanol–water partition coefficient (Wildman–Crippen LogP) is 2.55. The van der Waals surface area contributed by atoms with Crippen molar-refractivity contribution in [2.45, 2.75) is 33.2 Å². The highest BCUT2D eigenvalue weighted by atomic mass is 35.5. The summed E-state index contributed by atoms with van der Waals surface area (Å²) in [5.41, 5.74) is 0.758. The molecule has 6 heteroatoms. The van der Waals surface area contributed by atoms with Crippen LogP contribution in [0.1, 0.15) is 26.3 Å². The molecule has 1 unspecified atom stereocenters. The zero-order valence-electron chi connectivity index (χ0n) is 12.7. The van der Waals surface area contributed by atoms with Crippen LogP contribution in [0.25, 0.3) is 0 Å². The molecular weight excluding hydrogens is 310 g/mol. The van der Waals surface area contributed by atoms with Crippen molar-refractivity contribution in [1.82, 2.24) is 4.90 Å². The molecule has 1 atom stereocenters. The van der Waals surface area contributed by atoms with E-state index in [4.69, 9.17) is 11.6 Å². The molecule has 0 saturated heterocycles. The van der Waals surface area contributed by atoms with Crippen LogP contribution in [0.3, 0.4) is 0 Å². The fourth-order valence-electron chi connectivity index (χ4n) is 2.22. The maximum Gasteiger partial charge on any atom is 0.227 e. The van der Waals surface area contributed by atoms with E-state index in [0.29, 0.717) is 11.6 Å². The van der Waals surface area contributed by atoms with E-state index in [-0.39, 0.29) is 29.9 Å². The second kappa shape index (κ2) is 7.80. The smallest absolute Gasteiger partial charge is 0.227 e. The van der Waals surface area contributed by atoms with Crippen LogP contribution in [0, 0.1) is 0 Å². The van der Waals surface area contributed by atoms with Crippen LogP contribution in [-0.2, 0) is 21.1 Å². The molecule has 0 aliphatic rings. The molecular formula is C15H22ClNO3S. The molecule has 1 aromatic carbocycles. The molecule has 0 saturated carbocycles. The van der Waals surface area contributed by atoms with Gasteiger partial charge in [-0.3, -0.25) is 4.79 Å². The van der Waals surface area contributed by atoms with Gasteiger partial charge >= 0.3 is 0 Å². The van der Waals surface area contributed by atoms with Crippen LogP contribution in [-0.4, -0.2) is 43.3 Å². The van der Waals surface area contributed by atoms with Crippen molar-refractivity contribution in [2.24, 2.45) is 0 Å². The minimum Gasteiger partial charge on any atom is -0.339 e. The van der Waals surface area contributed by atoms with E-state index in [1.165, 1.54) is 0 Å². The zero-order valence-corrected chi connectivity index (χ0v) is 14.2. The monoisotopic (exact) mass is 331 g/mol. The van der Waals surface area contributed by atoms with Gasteiger partial charge in [-0.1, -0.05) is 36.7 Å². The van der Waals surface area contributed by atoms with E-state index in [0.717, 1.165) is 5.56 Å². The van der Waals surface area contributed by atoms with Gasteiger partial charge in [-0.15, -0.1) is 0 Å². The molecule has 0 aliphatic carbocycles. The summed E-state index contributed by atoms with van der Waals surface area (Å²) in [7, 11) is -3.11. The van der Waals surface area contributed by atoms with E-state index in [9.17, 15) is 13.2 Å². The highest BCUT2D eigenvalue weighted by molar-refractivity contribution is 7.91. The average molecular weight is 332 g/mol. The molecule has 0 spiro atoms. The Morgan fingerprint density at radius 3 is 2.43 bits per heavy atom. The Kier molecular flexibility index (Phi) is 6.68. The summed E-state index contributed by atoms with van der Waals surface area (Å²) < 4.78 is 23.4. The van der Waals surface area contributed by atoms with Gasteiger partial charge in [0.05, 0.1) is 12.2 Å². The zero-order chi connectivity index (χ0) is 16.0. The minimum atomic E-state index is -3.11. The molecule has 1 amide bonds. The fraction of sp³-hybridized carbons (Fsp3) is 0.533. The minimum absolute atomic E-state index is 0.00833. The maximum absolute atomic E-state index is 12.4. The largest absolute Gasteiger partial charge is 0.339 e. The molecule has 0 radical (unpaired) electrons. The molecule has 118 valence electrons.